The van der Waals surface area contributed by atoms with Crippen LogP contribution in [0.25, 0.3) is 5.69 Å². The van der Waals surface area contributed by atoms with E-state index in [1.54, 1.807) is 12.1 Å². The molecule has 4 rings (SSSR count). The highest BCUT2D eigenvalue weighted by atomic mass is 35.5. The SMILES string of the molecule is CC[n+]1cccn1-c1ccc(CCC(=O)[C@H](O)[C@@H](O)C(=O)N2CCCC2c2cccc(Cl)c2)cc1. The number of aliphatic hydroxyl groups is 2. The predicted octanol–water partition coefficient (Wildman–Crippen LogP) is 3.03. The van der Waals surface area contributed by atoms with Crippen LogP contribution in [0.15, 0.2) is 67.0 Å². The van der Waals surface area contributed by atoms with Gasteiger partial charge in [-0.3, -0.25) is 9.59 Å². The van der Waals surface area contributed by atoms with Gasteiger partial charge in [0.2, 0.25) is 0 Å². The van der Waals surface area contributed by atoms with E-state index in [2.05, 4.69) is 11.6 Å². The fourth-order valence-electron chi connectivity index (χ4n) is 4.67. The van der Waals surface area contributed by atoms with Gasteiger partial charge in [0.05, 0.1) is 12.2 Å². The van der Waals surface area contributed by atoms with Crippen molar-refractivity contribution in [2.45, 2.75) is 57.4 Å². The number of carbonyl (C=O) groups excluding carboxylic acids is 2. The number of Topliss-reactive ketones (excluding diaryl/α,β-unsaturated/α-hetero) is 1. The van der Waals surface area contributed by atoms with E-state index in [0.29, 0.717) is 18.0 Å². The molecule has 3 aromatic rings. The third kappa shape index (κ3) is 5.64. The summed E-state index contributed by atoms with van der Waals surface area (Å²) in [5.41, 5.74) is 2.82. The standard InChI is InChI=1S/C27H31ClN3O4/c1-2-29-15-5-17-31(29)22-12-9-19(10-13-22)11-14-24(32)25(33)26(34)27(35)30-16-4-8-23(30)20-6-3-7-21(28)18-20/h3,5-7,9-10,12-13,15,17-18,23,25-26,33-34H,2,4,8,11,14,16H2,1H3/q+1/t23?,25-,26+/m0/s1. The molecule has 2 N–H and O–H groups in total. The number of hydrogen-bond acceptors (Lipinski definition) is 4. The van der Waals surface area contributed by atoms with Gasteiger partial charge in [-0.25, -0.2) is 0 Å². The van der Waals surface area contributed by atoms with Gasteiger partial charge in [0.15, 0.2) is 24.6 Å². The molecule has 0 aliphatic carbocycles. The second kappa shape index (κ2) is 11.2. The van der Waals surface area contributed by atoms with Gasteiger partial charge < -0.3 is 15.1 Å². The number of amides is 1. The van der Waals surface area contributed by atoms with Gasteiger partial charge in [0.25, 0.3) is 5.91 Å². The molecule has 1 aliphatic rings. The van der Waals surface area contributed by atoms with Crippen molar-refractivity contribution < 1.29 is 24.5 Å². The average molecular weight is 497 g/mol. The van der Waals surface area contributed by atoms with Crippen LogP contribution in [0, 0.1) is 0 Å². The Labute approximate surface area is 210 Å². The van der Waals surface area contributed by atoms with Gasteiger partial charge in [-0.1, -0.05) is 35.9 Å². The van der Waals surface area contributed by atoms with Gasteiger partial charge in [-0.15, -0.1) is 9.36 Å². The summed E-state index contributed by atoms with van der Waals surface area (Å²) in [6.07, 6.45) is 2.38. The lowest BCUT2D eigenvalue weighted by atomic mass is 10.00. The summed E-state index contributed by atoms with van der Waals surface area (Å²) in [7, 11) is 0. The first-order valence-corrected chi connectivity index (χ1v) is 12.4. The number of benzene rings is 2. The Morgan fingerprint density at radius 3 is 2.60 bits per heavy atom. The summed E-state index contributed by atoms with van der Waals surface area (Å²) in [6, 6.07) is 16.8. The Balaban J connectivity index is 1.34. The average Bonchev–Trinajstić information content (AvgIpc) is 3.56. The van der Waals surface area contributed by atoms with Gasteiger partial charge in [0.1, 0.15) is 11.8 Å². The number of ketones is 1. The molecule has 1 fully saturated rings. The summed E-state index contributed by atoms with van der Waals surface area (Å²) in [5, 5.41) is 21.6. The number of aryl methyl sites for hydroxylation is 2. The summed E-state index contributed by atoms with van der Waals surface area (Å²) < 4.78 is 4.11. The molecule has 184 valence electrons. The van der Waals surface area contributed by atoms with Crippen LogP contribution >= 0.6 is 11.6 Å². The summed E-state index contributed by atoms with van der Waals surface area (Å²) in [6.45, 7) is 3.38. The fraction of sp³-hybridized carbons (Fsp3) is 0.370. The van der Waals surface area contributed by atoms with E-state index in [0.717, 1.165) is 36.2 Å². The quantitative estimate of drug-likeness (QED) is 0.446. The first kappa shape index (κ1) is 25.1. The van der Waals surface area contributed by atoms with Crippen LogP contribution < -0.4 is 4.68 Å². The lowest BCUT2D eigenvalue weighted by molar-refractivity contribution is -0.763. The van der Waals surface area contributed by atoms with Crippen molar-refractivity contribution in [1.82, 2.24) is 9.58 Å². The van der Waals surface area contributed by atoms with E-state index >= 15 is 0 Å². The number of aliphatic hydroxyl groups excluding tert-OH is 2. The third-order valence-corrected chi connectivity index (χ3v) is 6.83. The smallest absolute Gasteiger partial charge is 0.255 e. The molecule has 1 amide bonds. The van der Waals surface area contributed by atoms with E-state index in [1.807, 2.05) is 59.5 Å². The maximum absolute atomic E-state index is 13.0. The van der Waals surface area contributed by atoms with E-state index in [1.165, 1.54) is 4.90 Å². The second-order valence-electron chi connectivity index (χ2n) is 8.86. The third-order valence-electron chi connectivity index (χ3n) is 6.60. The van der Waals surface area contributed by atoms with Crippen LogP contribution in [0.4, 0.5) is 0 Å². The van der Waals surface area contributed by atoms with Crippen LogP contribution in [0.1, 0.15) is 43.4 Å². The Hall–Kier alpha value is -3.00. The minimum atomic E-state index is -1.79. The lowest BCUT2D eigenvalue weighted by Crippen LogP contribution is -2.47. The largest absolute Gasteiger partial charge is 0.382 e. The normalized spacial score (nSPS) is 17.4. The monoisotopic (exact) mass is 496 g/mol. The number of halogens is 1. The van der Waals surface area contributed by atoms with Crippen LogP contribution in [0.2, 0.25) is 5.02 Å². The Bertz CT molecular complexity index is 1180. The number of hydrogen-bond donors (Lipinski definition) is 2. The van der Waals surface area contributed by atoms with Gasteiger partial charge in [-0.2, -0.15) is 0 Å². The molecular formula is C27H31ClN3O4+. The van der Waals surface area contributed by atoms with Crippen LogP contribution in [-0.4, -0.2) is 50.2 Å². The minimum absolute atomic E-state index is 0.0288. The molecule has 1 unspecified atom stereocenters. The number of nitrogens with zero attached hydrogens (tertiary/aromatic N) is 3. The zero-order valence-electron chi connectivity index (χ0n) is 19.8. The van der Waals surface area contributed by atoms with E-state index < -0.39 is 23.9 Å². The highest BCUT2D eigenvalue weighted by Gasteiger charge is 2.38. The first-order chi connectivity index (χ1) is 16.9. The molecular weight excluding hydrogens is 466 g/mol. The van der Waals surface area contributed by atoms with Crippen LogP contribution in [-0.2, 0) is 22.6 Å². The fourth-order valence-corrected chi connectivity index (χ4v) is 4.87. The van der Waals surface area contributed by atoms with Crippen molar-refractivity contribution in [3.63, 3.8) is 0 Å². The molecule has 35 heavy (non-hydrogen) atoms. The molecule has 0 spiro atoms. The van der Waals surface area contributed by atoms with Gasteiger partial charge in [0, 0.05) is 24.1 Å². The van der Waals surface area contributed by atoms with Crippen LogP contribution in [0.5, 0.6) is 0 Å². The highest BCUT2D eigenvalue weighted by molar-refractivity contribution is 6.30. The molecule has 0 radical (unpaired) electrons. The maximum atomic E-state index is 13.0. The lowest BCUT2D eigenvalue weighted by Gasteiger charge is -2.28. The van der Waals surface area contributed by atoms with E-state index in [4.69, 9.17) is 11.6 Å². The van der Waals surface area contributed by atoms with Crippen molar-refractivity contribution in [1.29, 1.82) is 0 Å². The Kier molecular flexibility index (Phi) is 8.00. The molecule has 1 aromatic heterocycles. The van der Waals surface area contributed by atoms with Gasteiger partial charge in [-0.05, 0) is 61.6 Å². The molecule has 0 bridgehead atoms. The maximum Gasteiger partial charge on any atom is 0.255 e. The van der Waals surface area contributed by atoms with E-state index in [-0.39, 0.29) is 12.5 Å². The van der Waals surface area contributed by atoms with Crippen molar-refractivity contribution in [2.75, 3.05) is 6.54 Å². The van der Waals surface area contributed by atoms with Crippen molar-refractivity contribution in [2.24, 2.45) is 0 Å². The Morgan fingerprint density at radius 1 is 1.11 bits per heavy atom. The summed E-state index contributed by atoms with van der Waals surface area (Å²) >= 11 is 6.10. The van der Waals surface area contributed by atoms with Gasteiger partial charge >= 0.3 is 0 Å². The predicted molar refractivity (Wildman–Crippen MR) is 132 cm³/mol. The van der Waals surface area contributed by atoms with Crippen molar-refractivity contribution in [3.05, 3.63) is 83.1 Å². The first-order valence-electron chi connectivity index (χ1n) is 12.0. The topological polar surface area (TPSA) is 86.6 Å². The number of likely N-dealkylation sites (tertiary alicyclic amines) is 1. The molecule has 1 saturated heterocycles. The zero-order valence-corrected chi connectivity index (χ0v) is 20.5. The summed E-state index contributed by atoms with van der Waals surface area (Å²) in [4.78, 5) is 27.1. The molecule has 2 heterocycles. The van der Waals surface area contributed by atoms with Crippen LogP contribution in [0.3, 0.4) is 0 Å². The number of rotatable bonds is 9. The molecule has 2 aromatic carbocycles. The summed E-state index contributed by atoms with van der Waals surface area (Å²) in [5.74, 6) is -1.18. The second-order valence-corrected chi connectivity index (χ2v) is 9.29. The Morgan fingerprint density at radius 2 is 1.89 bits per heavy atom. The van der Waals surface area contributed by atoms with Crippen molar-refractivity contribution >= 4 is 23.3 Å². The van der Waals surface area contributed by atoms with Crippen molar-refractivity contribution in [3.8, 4) is 5.69 Å². The zero-order chi connectivity index (χ0) is 24.9. The molecule has 8 heteroatoms. The number of aromatic nitrogens is 2. The molecule has 7 nitrogen and oxygen atoms in total. The number of carbonyl (C=O) groups is 2. The molecule has 3 atom stereocenters. The minimum Gasteiger partial charge on any atom is -0.382 e. The molecule has 0 saturated carbocycles. The highest BCUT2D eigenvalue weighted by Crippen LogP contribution is 2.33. The van der Waals surface area contributed by atoms with E-state index in [9.17, 15) is 19.8 Å². The molecule has 1 aliphatic heterocycles.